The van der Waals surface area contributed by atoms with Gasteiger partial charge in [0.05, 0.1) is 21.4 Å². The molecule has 11 heteroatoms. The fourth-order valence-corrected chi connectivity index (χ4v) is 7.48. The van der Waals surface area contributed by atoms with Crippen LogP contribution in [0, 0.1) is 6.92 Å². The number of rotatable bonds is 6. The highest BCUT2D eigenvalue weighted by Gasteiger charge is 2.31. The molecule has 3 aromatic carbocycles. The zero-order valence-corrected chi connectivity index (χ0v) is 26.1. The van der Waals surface area contributed by atoms with Crippen LogP contribution in [0.5, 0.6) is 0 Å². The molecule has 0 aliphatic heterocycles. The quantitative estimate of drug-likeness (QED) is 0.256. The van der Waals surface area contributed by atoms with Gasteiger partial charge in [-0.25, -0.2) is 13.1 Å². The number of amides is 1. The zero-order valence-electron chi connectivity index (χ0n) is 23.7. The van der Waals surface area contributed by atoms with Crippen molar-refractivity contribution in [1.29, 1.82) is 0 Å². The lowest BCUT2D eigenvalue weighted by atomic mass is 9.80. The van der Waals surface area contributed by atoms with Crippen LogP contribution in [0.2, 0.25) is 10.0 Å². The molecule has 0 radical (unpaired) electrons. The Morgan fingerprint density at radius 2 is 1.69 bits per heavy atom. The molecule has 0 spiro atoms. The topological polar surface area (TPSA) is 102 Å². The van der Waals surface area contributed by atoms with Gasteiger partial charge in [0.2, 0.25) is 0 Å². The standard InChI is InChI=1S/C31H32Cl2N4O4S/c1-19-28(30(39)37(36(19)4)23-11-6-5-7-12-23)35-42(40,41)26-18-21(17-25(32)27(26)33)29(38)34-22-14-15-31(2,3)24-13-9-8-10-20(24)16-22/h5-13,17-18,22,35H,14-16H2,1-4H3,(H,34,38). The number of sulfonamides is 1. The van der Waals surface area contributed by atoms with Crippen LogP contribution in [0.15, 0.2) is 76.4 Å². The Kier molecular flexibility index (Phi) is 8.04. The predicted molar refractivity (Wildman–Crippen MR) is 167 cm³/mol. The first kappa shape index (κ1) is 29.9. The van der Waals surface area contributed by atoms with E-state index in [1.54, 1.807) is 42.9 Å². The van der Waals surface area contributed by atoms with E-state index in [-0.39, 0.29) is 32.8 Å². The van der Waals surface area contributed by atoms with E-state index in [0.29, 0.717) is 17.8 Å². The Hall–Kier alpha value is -3.53. The van der Waals surface area contributed by atoms with E-state index in [0.717, 1.165) is 12.8 Å². The van der Waals surface area contributed by atoms with Gasteiger partial charge in [-0.05, 0) is 67.0 Å². The average Bonchev–Trinajstić information content (AvgIpc) is 3.07. The van der Waals surface area contributed by atoms with Crippen molar-refractivity contribution in [1.82, 2.24) is 14.7 Å². The van der Waals surface area contributed by atoms with Crippen LogP contribution in [0.1, 0.15) is 53.9 Å². The van der Waals surface area contributed by atoms with Crippen molar-refractivity contribution in [3.05, 3.63) is 110 Å². The van der Waals surface area contributed by atoms with Crippen molar-refractivity contribution in [2.24, 2.45) is 7.05 Å². The molecule has 1 amide bonds. The molecular weight excluding hydrogens is 595 g/mol. The molecule has 8 nitrogen and oxygen atoms in total. The largest absolute Gasteiger partial charge is 0.349 e. The number of fused-ring (bicyclic) bond motifs is 1. The number of hydrogen-bond donors (Lipinski definition) is 2. The first-order chi connectivity index (χ1) is 19.8. The van der Waals surface area contributed by atoms with E-state index in [4.69, 9.17) is 23.2 Å². The second-order valence-corrected chi connectivity index (χ2v) is 13.7. The number of nitrogens with zero attached hydrogens (tertiary/aromatic N) is 2. The lowest BCUT2D eigenvalue weighted by Crippen LogP contribution is -2.36. The summed E-state index contributed by atoms with van der Waals surface area (Å²) in [5, 5.41) is 2.72. The highest BCUT2D eigenvalue weighted by molar-refractivity contribution is 7.92. The molecule has 1 aromatic heterocycles. The Labute approximate surface area is 255 Å². The summed E-state index contributed by atoms with van der Waals surface area (Å²) in [5.41, 5.74) is 2.71. The SMILES string of the molecule is Cc1c(NS(=O)(=O)c2cc(C(=O)NC3CCC(C)(C)c4ccccc4C3)cc(Cl)c2Cl)c(=O)n(-c2ccccc2)n1C. The fourth-order valence-electron chi connectivity index (χ4n) is 5.55. The summed E-state index contributed by atoms with van der Waals surface area (Å²) in [6.07, 6.45) is 2.28. The maximum Gasteiger partial charge on any atom is 0.296 e. The molecule has 5 rings (SSSR count). The molecule has 42 heavy (non-hydrogen) atoms. The molecule has 220 valence electrons. The number of carbonyl (C=O) groups is 1. The van der Waals surface area contributed by atoms with E-state index >= 15 is 0 Å². The van der Waals surface area contributed by atoms with Gasteiger partial charge in [-0.2, -0.15) is 0 Å². The molecular formula is C31H32Cl2N4O4S. The minimum Gasteiger partial charge on any atom is -0.349 e. The third-order valence-electron chi connectivity index (χ3n) is 8.00. The zero-order chi connectivity index (χ0) is 30.4. The highest BCUT2D eigenvalue weighted by atomic mass is 35.5. The van der Waals surface area contributed by atoms with Crippen molar-refractivity contribution >= 4 is 44.8 Å². The molecule has 1 atom stereocenters. The maximum atomic E-state index is 13.6. The van der Waals surface area contributed by atoms with E-state index in [1.165, 1.54) is 27.9 Å². The number of benzene rings is 3. The van der Waals surface area contributed by atoms with Gasteiger partial charge in [-0.3, -0.25) is 19.0 Å². The summed E-state index contributed by atoms with van der Waals surface area (Å²) >= 11 is 12.7. The minimum atomic E-state index is -4.42. The van der Waals surface area contributed by atoms with Gasteiger partial charge >= 0.3 is 0 Å². The number of halogens is 2. The summed E-state index contributed by atoms with van der Waals surface area (Å²) in [4.78, 5) is 26.3. The van der Waals surface area contributed by atoms with Crippen LogP contribution < -0.4 is 15.6 Å². The smallest absolute Gasteiger partial charge is 0.296 e. The van der Waals surface area contributed by atoms with E-state index < -0.39 is 26.4 Å². The molecule has 4 aromatic rings. The number of carbonyl (C=O) groups excluding carboxylic acids is 1. The first-order valence-corrected chi connectivity index (χ1v) is 15.8. The Bertz CT molecular complexity index is 1850. The molecule has 2 N–H and O–H groups in total. The summed E-state index contributed by atoms with van der Waals surface area (Å²) in [6, 6.07) is 19.5. The van der Waals surface area contributed by atoms with Crippen molar-refractivity contribution in [2.45, 2.75) is 56.4 Å². The summed E-state index contributed by atoms with van der Waals surface area (Å²) in [7, 11) is -2.76. The van der Waals surface area contributed by atoms with Crippen LogP contribution in [0.25, 0.3) is 5.69 Å². The summed E-state index contributed by atoms with van der Waals surface area (Å²) in [6.45, 7) is 6.02. The molecule has 0 saturated heterocycles. The first-order valence-electron chi connectivity index (χ1n) is 13.6. The van der Waals surface area contributed by atoms with Crippen LogP contribution >= 0.6 is 23.2 Å². The molecule has 1 aliphatic carbocycles. The molecule has 0 saturated carbocycles. The molecule has 0 bridgehead atoms. The lowest BCUT2D eigenvalue weighted by molar-refractivity contribution is 0.0933. The van der Waals surface area contributed by atoms with Crippen LogP contribution in [0.4, 0.5) is 5.69 Å². The number of aromatic nitrogens is 2. The third-order valence-corrected chi connectivity index (χ3v) is 10.3. The normalized spacial score (nSPS) is 16.4. The monoisotopic (exact) mass is 626 g/mol. The van der Waals surface area contributed by atoms with Gasteiger partial charge in [-0.15, -0.1) is 0 Å². The molecule has 1 aliphatic rings. The minimum absolute atomic E-state index is 0.0405. The molecule has 1 heterocycles. The average molecular weight is 628 g/mol. The van der Waals surface area contributed by atoms with Crippen molar-refractivity contribution < 1.29 is 13.2 Å². The highest BCUT2D eigenvalue weighted by Crippen LogP contribution is 2.36. The Morgan fingerprint density at radius 3 is 2.40 bits per heavy atom. The number of para-hydroxylation sites is 1. The maximum absolute atomic E-state index is 13.6. The van der Waals surface area contributed by atoms with Crippen LogP contribution in [-0.4, -0.2) is 29.7 Å². The fraction of sp³-hybridized carbons (Fsp3) is 0.290. The number of hydrogen-bond acceptors (Lipinski definition) is 4. The van der Waals surface area contributed by atoms with Gasteiger partial charge in [0.15, 0.2) is 0 Å². The Balaban J connectivity index is 1.44. The van der Waals surface area contributed by atoms with Gasteiger partial charge in [-0.1, -0.05) is 79.5 Å². The van der Waals surface area contributed by atoms with Gasteiger partial charge in [0.1, 0.15) is 10.6 Å². The van der Waals surface area contributed by atoms with E-state index in [9.17, 15) is 18.0 Å². The van der Waals surface area contributed by atoms with Crippen LogP contribution in [0.3, 0.4) is 0 Å². The van der Waals surface area contributed by atoms with Crippen molar-refractivity contribution in [3.8, 4) is 5.69 Å². The van der Waals surface area contributed by atoms with Crippen molar-refractivity contribution in [3.63, 3.8) is 0 Å². The van der Waals surface area contributed by atoms with Gasteiger partial charge in [0, 0.05) is 18.7 Å². The van der Waals surface area contributed by atoms with Gasteiger partial charge < -0.3 is 5.32 Å². The van der Waals surface area contributed by atoms with Crippen LogP contribution in [-0.2, 0) is 28.9 Å². The number of nitrogens with one attached hydrogen (secondary N) is 2. The second-order valence-electron chi connectivity index (χ2n) is 11.3. The van der Waals surface area contributed by atoms with E-state index in [1.807, 2.05) is 18.2 Å². The Morgan fingerprint density at radius 1 is 1.02 bits per heavy atom. The molecule has 1 unspecified atom stereocenters. The summed E-state index contributed by atoms with van der Waals surface area (Å²) in [5.74, 6) is -0.463. The second kappa shape index (κ2) is 11.3. The lowest BCUT2D eigenvalue weighted by Gasteiger charge is -2.25. The summed E-state index contributed by atoms with van der Waals surface area (Å²) < 4.78 is 32.5. The predicted octanol–water partition coefficient (Wildman–Crippen LogP) is 6.00. The number of anilines is 1. The van der Waals surface area contributed by atoms with Crippen molar-refractivity contribution in [2.75, 3.05) is 4.72 Å². The molecule has 0 fully saturated rings. The third kappa shape index (κ3) is 5.61. The van der Waals surface area contributed by atoms with E-state index in [2.05, 4.69) is 36.0 Å². The van der Waals surface area contributed by atoms with Gasteiger partial charge in [0.25, 0.3) is 21.5 Å².